The number of thioether (sulfide) groups is 1. The molecule has 1 atom stereocenters. The molecule has 0 heterocycles. The molecule has 0 N–H and O–H groups in total. The fraction of sp³-hybridized carbons (Fsp3) is 0.462. The number of benzene rings is 1. The van der Waals surface area contributed by atoms with E-state index in [1.165, 1.54) is 0 Å². The van der Waals surface area contributed by atoms with E-state index in [1.54, 1.807) is 25.1 Å². The maximum Gasteiger partial charge on any atom is 0.144 e. The number of ether oxygens (including phenoxy) is 1. The highest BCUT2D eigenvalue weighted by Gasteiger charge is 2.18. The second-order valence-electron chi connectivity index (χ2n) is 4.71. The van der Waals surface area contributed by atoms with E-state index < -0.39 is 11.0 Å². The van der Waals surface area contributed by atoms with Gasteiger partial charge in [0.05, 0.1) is 11.9 Å². The molecule has 0 saturated carbocycles. The van der Waals surface area contributed by atoms with Crippen LogP contribution in [0.1, 0.15) is 26.3 Å². The van der Waals surface area contributed by atoms with Crippen LogP contribution < -0.4 is 4.74 Å². The van der Waals surface area contributed by atoms with Crippen LogP contribution in [0.25, 0.3) is 0 Å². The molecule has 0 spiro atoms. The molecule has 0 fully saturated rings. The summed E-state index contributed by atoms with van der Waals surface area (Å²) in [5.74, 6) is 0.813. The first-order valence-electron chi connectivity index (χ1n) is 5.56. The lowest BCUT2D eigenvalue weighted by atomic mass is 10.2. The summed E-state index contributed by atoms with van der Waals surface area (Å²) in [7, 11) is 0.412. The minimum atomic E-state index is -1.23. The number of hydrogen-bond donors (Lipinski definition) is 0. The normalized spacial score (nSPS) is 13.8. The third-order valence-corrected chi connectivity index (χ3v) is 4.35. The van der Waals surface area contributed by atoms with Gasteiger partial charge in [-0.25, -0.2) is 4.21 Å². The molecule has 5 heteroatoms. The van der Waals surface area contributed by atoms with Gasteiger partial charge in [-0.1, -0.05) is 6.07 Å². The van der Waals surface area contributed by atoms with Crippen molar-refractivity contribution in [2.45, 2.75) is 30.4 Å². The topological polar surface area (TPSA) is 38.7 Å². The van der Waals surface area contributed by atoms with Gasteiger partial charge in [-0.3, -0.25) is 0 Å². The first-order chi connectivity index (χ1) is 8.38. The van der Waals surface area contributed by atoms with Crippen molar-refractivity contribution in [3.8, 4) is 5.75 Å². The van der Waals surface area contributed by atoms with Crippen molar-refractivity contribution in [3.63, 3.8) is 0 Å². The SMILES string of the molecule is COc1cc(C=N[S@@](=O)C(C)(C)C)ccc1SC. The van der Waals surface area contributed by atoms with Crippen molar-refractivity contribution in [3.05, 3.63) is 23.8 Å². The van der Waals surface area contributed by atoms with E-state index in [0.717, 1.165) is 16.2 Å². The predicted molar refractivity (Wildman–Crippen MR) is 80.3 cm³/mol. The highest BCUT2D eigenvalue weighted by atomic mass is 32.2. The molecule has 0 radical (unpaired) electrons. The zero-order valence-electron chi connectivity index (χ0n) is 11.4. The number of rotatable bonds is 4. The van der Waals surface area contributed by atoms with E-state index in [0.29, 0.717) is 0 Å². The molecule has 0 saturated heterocycles. The zero-order valence-corrected chi connectivity index (χ0v) is 13.0. The van der Waals surface area contributed by atoms with Crippen molar-refractivity contribution < 1.29 is 8.95 Å². The van der Waals surface area contributed by atoms with Gasteiger partial charge in [0.25, 0.3) is 0 Å². The zero-order chi connectivity index (χ0) is 13.8. The molecule has 1 aromatic carbocycles. The van der Waals surface area contributed by atoms with Gasteiger partial charge < -0.3 is 4.74 Å². The predicted octanol–water partition coefficient (Wildman–Crippen LogP) is 3.30. The largest absolute Gasteiger partial charge is 0.496 e. The van der Waals surface area contributed by atoms with Crippen LogP contribution >= 0.6 is 11.8 Å². The molecule has 3 nitrogen and oxygen atoms in total. The third-order valence-electron chi connectivity index (χ3n) is 2.23. The van der Waals surface area contributed by atoms with Crippen LogP contribution in [0.5, 0.6) is 5.75 Å². The molecule has 1 aromatic rings. The molecule has 0 aliphatic carbocycles. The van der Waals surface area contributed by atoms with E-state index in [1.807, 2.05) is 45.2 Å². The number of nitrogens with zero attached hydrogens (tertiary/aromatic N) is 1. The van der Waals surface area contributed by atoms with Crippen LogP contribution in [0.3, 0.4) is 0 Å². The van der Waals surface area contributed by atoms with Gasteiger partial charge in [0, 0.05) is 11.1 Å². The van der Waals surface area contributed by atoms with Crippen LogP contribution in [0.15, 0.2) is 27.5 Å². The van der Waals surface area contributed by atoms with Crippen molar-refractivity contribution in [2.24, 2.45) is 4.40 Å². The standard InChI is InChI=1S/C13H19NO2S2/c1-13(2,3)18(15)14-9-10-6-7-12(17-5)11(8-10)16-4/h6-9H,1-5H3/t18-/m0/s1. The minimum Gasteiger partial charge on any atom is -0.496 e. The second-order valence-corrected chi connectivity index (χ2v) is 7.49. The highest BCUT2D eigenvalue weighted by molar-refractivity contribution is 7.98. The number of hydrogen-bond acceptors (Lipinski definition) is 3. The Morgan fingerprint density at radius 1 is 1.39 bits per heavy atom. The Morgan fingerprint density at radius 3 is 2.56 bits per heavy atom. The van der Waals surface area contributed by atoms with Crippen molar-refractivity contribution in [1.29, 1.82) is 0 Å². The average molecular weight is 285 g/mol. The first kappa shape index (κ1) is 15.2. The van der Waals surface area contributed by atoms with E-state index in [2.05, 4.69) is 4.40 Å². The first-order valence-corrected chi connectivity index (χ1v) is 7.89. The smallest absolute Gasteiger partial charge is 0.144 e. The molecule has 0 amide bonds. The van der Waals surface area contributed by atoms with E-state index >= 15 is 0 Å². The van der Waals surface area contributed by atoms with Crippen LogP contribution in [0.4, 0.5) is 0 Å². The highest BCUT2D eigenvalue weighted by Crippen LogP contribution is 2.27. The molecule has 0 aromatic heterocycles. The summed E-state index contributed by atoms with van der Waals surface area (Å²) >= 11 is 1.63. The molecule has 1 rings (SSSR count). The van der Waals surface area contributed by atoms with Gasteiger partial charge in [0.15, 0.2) is 0 Å². The molecule has 0 unspecified atom stereocenters. The summed E-state index contributed by atoms with van der Waals surface area (Å²) < 4.78 is 20.8. The van der Waals surface area contributed by atoms with Gasteiger partial charge in [0.2, 0.25) is 0 Å². The Kier molecular flexibility index (Phi) is 5.41. The Bertz CT molecular complexity index is 465. The third kappa shape index (κ3) is 4.14. The molecular weight excluding hydrogens is 266 g/mol. The average Bonchev–Trinajstić information content (AvgIpc) is 2.34. The van der Waals surface area contributed by atoms with Crippen molar-refractivity contribution in [2.75, 3.05) is 13.4 Å². The lowest BCUT2D eigenvalue weighted by molar-refractivity contribution is 0.405. The number of methoxy groups -OCH3 is 1. The Hall–Kier alpha value is -0.810. The van der Waals surface area contributed by atoms with Gasteiger partial charge in [0.1, 0.15) is 16.7 Å². The maximum absolute atomic E-state index is 11.8. The summed E-state index contributed by atoms with van der Waals surface area (Å²) in [4.78, 5) is 1.08. The molecule has 18 heavy (non-hydrogen) atoms. The molecule has 0 aliphatic rings. The molecule has 0 aliphatic heterocycles. The van der Waals surface area contributed by atoms with E-state index in [9.17, 15) is 4.21 Å². The van der Waals surface area contributed by atoms with Crippen LogP contribution in [-0.4, -0.2) is 28.5 Å². The minimum absolute atomic E-state index is 0.334. The van der Waals surface area contributed by atoms with Crippen LogP contribution in [0.2, 0.25) is 0 Å². The van der Waals surface area contributed by atoms with Gasteiger partial charge >= 0.3 is 0 Å². The van der Waals surface area contributed by atoms with Crippen LogP contribution in [-0.2, 0) is 11.0 Å². The maximum atomic E-state index is 11.8. The van der Waals surface area contributed by atoms with Gasteiger partial charge in [-0.05, 0) is 44.7 Å². The Balaban J connectivity index is 2.92. The molecular formula is C13H19NO2S2. The van der Waals surface area contributed by atoms with E-state index in [4.69, 9.17) is 4.74 Å². The molecule has 100 valence electrons. The van der Waals surface area contributed by atoms with Gasteiger partial charge in [-0.15, -0.1) is 11.8 Å². The fourth-order valence-electron chi connectivity index (χ4n) is 1.20. The summed E-state index contributed by atoms with van der Waals surface area (Å²) in [5.41, 5.74) is 0.891. The lowest BCUT2D eigenvalue weighted by Crippen LogP contribution is -2.19. The molecule has 0 bridgehead atoms. The summed E-state index contributed by atoms with van der Waals surface area (Å²) in [5, 5.41) is 0. The van der Waals surface area contributed by atoms with Crippen molar-refractivity contribution in [1.82, 2.24) is 0 Å². The van der Waals surface area contributed by atoms with E-state index in [-0.39, 0.29) is 4.75 Å². The van der Waals surface area contributed by atoms with Gasteiger partial charge in [-0.2, -0.15) is 4.40 Å². The summed E-state index contributed by atoms with van der Waals surface area (Å²) in [6.45, 7) is 5.70. The fourth-order valence-corrected chi connectivity index (χ4v) is 2.28. The summed E-state index contributed by atoms with van der Waals surface area (Å²) in [6, 6.07) is 5.82. The Morgan fingerprint density at radius 2 is 2.06 bits per heavy atom. The summed E-state index contributed by atoms with van der Waals surface area (Å²) in [6.07, 6.45) is 3.63. The second kappa shape index (κ2) is 6.38. The lowest BCUT2D eigenvalue weighted by Gasteiger charge is -2.12. The monoisotopic (exact) mass is 285 g/mol. The van der Waals surface area contributed by atoms with Crippen LogP contribution in [0, 0.1) is 0 Å². The van der Waals surface area contributed by atoms with Crippen molar-refractivity contribution >= 4 is 29.0 Å². The quantitative estimate of drug-likeness (QED) is 0.629. The Labute approximate surface area is 116 Å².